The van der Waals surface area contributed by atoms with Crippen molar-refractivity contribution in [3.05, 3.63) is 70.7 Å². The summed E-state index contributed by atoms with van der Waals surface area (Å²) >= 11 is 0. The second-order valence-corrected chi connectivity index (χ2v) is 6.11. The van der Waals surface area contributed by atoms with Crippen molar-refractivity contribution >= 4 is 17.8 Å². The molecule has 0 saturated heterocycles. The number of halogens is 1. The molecule has 128 valence electrons. The van der Waals surface area contributed by atoms with Crippen LogP contribution in [0.2, 0.25) is 0 Å². The molecule has 1 amide bonds. The summed E-state index contributed by atoms with van der Waals surface area (Å²) in [5, 5.41) is 2.72. The van der Waals surface area contributed by atoms with Gasteiger partial charge in [-0.2, -0.15) is 0 Å². The predicted octanol–water partition coefficient (Wildman–Crippen LogP) is 3.88. The molecule has 0 spiro atoms. The van der Waals surface area contributed by atoms with E-state index in [1.807, 2.05) is 18.2 Å². The Kier molecular flexibility index (Phi) is 4.65. The third-order valence-corrected chi connectivity index (χ3v) is 3.99. The summed E-state index contributed by atoms with van der Waals surface area (Å²) in [5.41, 5.74) is 2.92. The lowest BCUT2D eigenvalue weighted by atomic mass is 9.99. The van der Waals surface area contributed by atoms with Gasteiger partial charge in [-0.1, -0.05) is 19.9 Å². The molecular formula is C20H19FN2O2. The Morgan fingerprint density at radius 1 is 1.16 bits per heavy atom. The summed E-state index contributed by atoms with van der Waals surface area (Å²) in [7, 11) is 1.64. The van der Waals surface area contributed by atoms with E-state index in [-0.39, 0.29) is 11.7 Å². The molecule has 0 saturated carbocycles. The summed E-state index contributed by atoms with van der Waals surface area (Å²) < 4.78 is 18.4. The van der Waals surface area contributed by atoms with Crippen LogP contribution in [0.5, 0.6) is 5.75 Å². The zero-order valence-electron chi connectivity index (χ0n) is 14.3. The molecule has 1 heterocycles. The number of hydrogen-bond acceptors (Lipinski definition) is 3. The maximum absolute atomic E-state index is 13.0. The summed E-state index contributed by atoms with van der Waals surface area (Å²) in [6.45, 7) is 4.17. The van der Waals surface area contributed by atoms with Crippen LogP contribution in [0.15, 0.2) is 53.2 Å². The van der Waals surface area contributed by atoms with Crippen LogP contribution in [-0.2, 0) is 4.79 Å². The van der Waals surface area contributed by atoms with E-state index in [0.29, 0.717) is 23.0 Å². The van der Waals surface area contributed by atoms with Gasteiger partial charge in [-0.25, -0.2) is 9.38 Å². The first-order chi connectivity index (χ1) is 12.0. The molecule has 0 bridgehead atoms. The van der Waals surface area contributed by atoms with E-state index < -0.39 is 0 Å². The standard InChI is InChI=1S/C20H19FN2O2/c1-12(2)16-10-13(4-9-18(16)25-3)11-17-20(24)23-19(22-17)14-5-7-15(21)8-6-14/h4-12H,1-3H3,(H,22,23,24)/b17-11+. The third-order valence-electron chi connectivity index (χ3n) is 3.99. The van der Waals surface area contributed by atoms with Gasteiger partial charge in [0.05, 0.1) is 7.11 Å². The first-order valence-electron chi connectivity index (χ1n) is 8.03. The molecule has 0 atom stereocenters. The maximum atomic E-state index is 13.0. The largest absolute Gasteiger partial charge is 0.496 e. The van der Waals surface area contributed by atoms with E-state index in [0.717, 1.165) is 16.9 Å². The highest BCUT2D eigenvalue weighted by molar-refractivity contribution is 6.19. The van der Waals surface area contributed by atoms with Crippen LogP contribution >= 0.6 is 0 Å². The number of nitrogens with zero attached hydrogens (tertiary/aromatic N) is 1. The third kappa shape index (κ3) is 3.60. The highest BCUT2D eigenvalue weighted by Crippen LogP contribution is 2.28. The minimum absolute atomic E-state index is 0.277. The minimum atomic E-state index is -0.330. The van der Waals surface area contributed by atoms with Gasteiger partial charge in [-0.3, -0.25) is 4.79 Å². The number of aliphatic imine (C=N–C) groups is 1. The second kappa shape index (κ2) is 6.89. The SMILES string of the molecule is COc1ccc(/C=C2/N=C(c3ccc(F)cc3)NC2=O)cc1C(C)C. The first kappa shape index (κ1) is 16.9. The smallest absolute Gasteiger partial charge is 0.275 e. The Balaban J connectivity index is 1.94. The zero-order chi connectivity index (χ0) is 18.0. The van der Waals surface area contributed by atoms with Crippen molar-refractivity contribution in [1.29, 1.82) is 0 Å². The number of amidine groups is 1. The lowest BCUT2D eigenvalue weighted by molar-refractivity contribution is -0.115. The van der Waals surface area contributed by atoms with E-state index in [9.17, 15) is 9.18 Å². The van der Waals surface area contributed by atoms with Gasteiger partial charge in [-0.05, 0) is 59.5 Å². The van der Waals surface area contributed by atoms with Gasteiger partial charge in [0.15, 0.2) is 0 Å². The van der Waals surface area contributed by atoms with Crippen molar-refractivity contribution in [2.45, 2.75) is 19.8 Å². The lowest BCUT2D eigenvalue weighted by Gasteiger charge is -2.12. The van der Waals surface area contributed by atoms with Gasteiger partial charge in [0.25, 0.3) is 5.91 Å². The number of rotatable bonds is 4. The number of carbonyl (C=O) groups is 1. The quantitative estimate of drug-likeness (QED) is 0.860. The fraction of sp³-hybridized carbons (Fsp3) is 0.200. The summed E-state index contributed by atoms with van der Waals surface area (Å²) in [6.07, 6.45) is 1.73. The molecular weight excluding hydrogens is 319 g/mol. The molecule has 3 rings (SSSR count). The molecule has 5 heteroatoms. The van der Waals surface area contributed by atoms with E-state index >= 15 is 0 Å². The summed E-state index contributed by atoms with van der Waals surface area (Å²) in [6, 6.07) is 11.6. The van der Waals surface area contributed by atoms with E-state index in [4.69, 9.17) is 4.74 Å². The fourth-order valence-corrected chi connectivity index (χ4v) is 2.66. The number of benzene rings is 2. The van der Waals surface area contributed by atoms with E-state index in [2.05, 4.69) is 24.2 Å². The Morgan fingerprint density at radius 3 is 2.52 bits per heavy atom. The van der Waals surface area contributed by atoms with Crippen molar-refractivity contribution in [3.63, 3.8) is 0 Å². The molecule has 0 aliphatic carbocycles. The van der Waals surface area contributed by atoms with Crippen LogP contribution in [0.4, 0.5) is 4.39 Å². The number of carbonyl (C=O) groups excluding carboxylic acids is 1. The Morgan fingerprint density at radius 2 is 1.88 bits per heavy atom. The normalized spacial score (nSPS) is 15.5. The number of nitrogens with one attached hydrogen (secondary N) is 1. The van der Waals surface area contributed by atoms with Gasteiger partial charge >= 0.3 is 0 Å². The molecule has 4 nitrogen and oxygen atoms in total. The zero-order valence-corrected chi connectivity index (χ0v) is 14.3. The Labute approximate surface area is 146 Å². The Hall–Kier alpha value is -2.95. The molecule has 2 aromatic carbocycles. The Bertz CT molecular complexity index is 868. The molecule has 1 aliphatic rings. The molecule has 1 N–H and O–H groups in total. The number of ether oxygens (including phenoxy) is 1. The number of methoxy groups -OCH3 is 1. The fourth-order valence-electron chi connectivity index (χ4n) is 2.66. The van der Waals surface area contributed by atoms with Crippen LogP contribution in [0.1, 0.15) is 36.5 Å². The van der Waals surface area contributed by atoms with Crippen LogP contribution in [-0.4, -0.2) is 18.9 Å². The predicted molar refractivity (Wildman–Crippen MR) is 96.1 cm³/mol. The van der Waals surface area contributed by atoms with Gasteiger partial charge < -0.3 is 10.1 Å². The maximum Gasteiger partial charge on any atom is 0.275 e. The van der Waals surface area contributed by atoms with Crippen LogP contribution in [0.3, 0.4) is 0 Å². The average Bonchev–Trinajstić information content (AvgIpc) is 2.96. The van der Waals surface area contributed by atoms with Crippen LogP contribution in [0, 0.1) is 5.82 Å². The molecule has 0 aromatic heterocycles. The van der Waals surface area contributed by atoms with Crippen molar-refractivity contribution in [2.75, 3.05) is 7.11 Å². The molecule has 1 aliphatic heterocycles. The van der Waals surface area contributed by atoms with E-state index in [1.165, 1.54) is 12.1 Å². The summed E-state index contributed by atoms with van der Waals surface area (Å²) in [4.78, 5) is 16.5. The average molecular weight is 338 g/mol. The molecule has 2 aromatic rings. The molecule has 0 fully saturated rings. The van der Waals surface area contributed by atoms with Gasteiger partial charge in [0, 0.05) is 5.56 Å². The lowest BCUT2D eigenvalue weighted by Crippen LogP contribution is -2.24. The van der Waals surface area contributed by atoms with Crippen molar-refractivity contribution in [2.24, 2.45) is 4.99 Å². The topological polar surface area (TPSA) is 50.7 Å². The first-order valence-corrected chi connectivity index (χ1v) is 8.03. The van der Waals surface area contributed by atoms with Crippen molar-refractivity contribution in [3.8, 4) is 5.75 Å². The second-order valence-electron chi connectivity index (χ2n) is 6.11. The highest BCUT2D eigenvalue weighted by atomic mass is 19.1. The highest BCUT2D eigenvalue weighted by Gasteiger charge is 2.21. The monoisotopic (exact) mass is 338 g/mol. The minimum Gasteiger partial charge on any atom is -0.496 e. The van der Waals surface area contributed by atoms with Gasteiger partial charge in [-0.15, -0.1) is 0 Å². The molecule has 0 unspecified atom stereocenters. The van der Waals surface area contributed by atoms with Crippen LogP contribution in [0.25, 0.3) is 6.08 Å². The van der Waals surface area contributed by atoms with Gasteiger partial charge in [0.2, 0.25) is 0 Å². The number of amides is 1. The van der Waals surface area contributed by atoms with Gasteiger partial charge in [0.1, 0.15) is 23.1 Å². The van der Waals surface area contributed by atoms with Crippen molar-refractivity contribution in [1.82, 2.24) is 5.32 Å². The van der Waals surface area contributed by atoms with Crippen LogP contribution < -0.4 is 10.1 Å². The molecule has 25 heavy (non-hydrogen) atoms. The molecule has 0 radical (unpaired) electrons. The van der Waals surface area contributed by atoms with E-state index in [1.54, 1.807) is 25.3 Å². The number of hydrogen-bond donors (Lipinski definition) is 1. The summed E-state index contributed by atoms with van der Waals surface area (Å²) in [5.74, 6) is 0.937. The van der Waals surface area contributed by atoms with Crippen molar-refractivity contribution < 1.29 is 13.9 Å².